The third-order valence-electron chi connectivity index (χ3n) is 5.45. The Morgan fingerprint density at radius 2 is 1.93 bits per heavy atom. The van der Waals surface area contributed by atoms with Crippen molar-refractivity contribution in [3.05, 3.63) is 18.2 Å². The average Bonchev–Trinajstić information content (AvgIpc) is 3.24. The Kier molecular flexibility index (Phi) is 4.99. The summed E-state index contributed by atoms with van der Waals surface area (Å²) in [4.78, 5) is 39.8. The molecule has 2 amide bonds. The molecule has 2 atom stereocenters. The summed E-state index contributed by atoms with van der Waals surface area (Å²) in [5.41, 5.74) is -0.272. The zero-order chi connectivity index (χ0) is 19.8. The maximum atomic E-state index is 12.8. The van der Waals surface area contributed by atoms with Crippen molar-refractivity contribution in [1.29, 1.82) is 0 Å². The lowest BCUT2D eigenvalue weighted by molar-refractivity contribution is -0.147. The minimum atomic E-state index is -0.915. The van der Waals surface area contributed by atoms with Gasteiger partial charge in [-0.15, -0.1) is 0 Å². The molecule has 0 radical (unpaired) electrons. The van der Waals surface area contributed by atoms with Crippen LogP contribution >= 0.6 is 0 Å². The Bertz CT molecular complexity index is 779. The second-order valence-corrected chi connectivity index (χ2v) is 7.32. The van der Waals surface area contributed by atoms with Gasteiger partial charge in [0, 0.05) is 37.8 Å². The molecule has 1 aromatic rings. The molecule has 0 aromatic heterocycles. The molecule has 0 spiro atoms. The highest BCUT2D eigenvalue weighted by molar-refractivity contribution is 6.00. The fourth-order valence-electron chi connectivity index (χ4n) is 3.70. The quantitative estimate of drug-likeness (QED) is 0.834. The highest BCUT2D eigenvalue weighted by Crippen LogP contribution is 2.36. The van der Waals surface area contributed by atoms with Gasteiger partial charge in [0.05, 0.1) is 25.6 Å². The summed E-state index contributed by atoms with van der Waals surface area (Å²) in [6.07, 6.45) is 0.543. The summed E-state index contributed by atoms with van der Waals surface area (Å²) in [6, 6.07) is 5.18. The average molecular weight is 376 g/mol. The number of carbonyl (C=O) groups excluding carboxylic acids is 2. The Morgan fingerprint density at radius 1 is 1.22 bits per heavy atom. The fraction of sp³-hybridized carbons (Fsp3) is 0.526. The predicted molar refractivity (Wildman–Crippen MR) is 96.9 cm³/mol. The molecule has 3 rings (SSSR count). The number of ether oxygens (including phenoxy) is 2. The van der Waals surface area contributed by atoms with E-state index in [1.54, 1.807) is 34.9 Å². The minimum absolute atomic E-state index is 0.119. The molecule has 2 heterocycles. The second-order valence-electron chi connectivity index (χ2n) is 7.32. The van der Waals surface area contributed by atoms with Crippen LogP contribution in [0.25, 0.3) is 0 Å². The van der Waals surface area contributed by atoms with Crippen molar-refractivity contribution in [2.24, 2.45) is 11.3 Å². The van der Waals surface area contributed by atoms with Crippen LogP contribution in [0.4, 0.5) is 5.69 Å². The number of nitrogens with zero attached hydrogens (tertiary/aromatic N) is 2. The smallest absolute Gasteiger partial charge is 0.311 e. The summed E-state index contributed by atoms with van der Waals surface area (Å²) in [5.74, 6) is -0.592. The molecular formula is C19H24N2O6. The highest BCUT2D eigenvalue weighted by Gasteiger charge is 2.45. The maximum absolute atomic E-state index is 12.8. The first-order valence-electron chi connectivity index (χ1n) is 8.83. The van der Waals surface area contributed by atoms with E-state index in [0.717, 1.165) is 0 Å². The van der Waals surface area contributed by atoms with Gasteiger partial charge in [-0.1, -0.05) is 0 Å². The number of hydrogen-bond acceptors (Lipinski definition) is 5. The van der Waals surface area contributed by atoms with Gasteiger partial charge in [-0.2, -0.15) is 0 Å². The standard InChI is InChI=1S/C19H24N2O6/c1-19(18(24)25)6-7-20(11-19)17(23)12-8-16(22)21(10-12)13-4-5-14(26-2)15(9-13)27-3/h4-5,9,12H,6-8,10-11H2,1-3H3,(H,24,25). The molecule has 0 bridgehead atoms. The zero-order valence-electron chi connectivity index (χ0n) is 15.7. The third kappa shape index (κ3) is 3.43. The second kappa shape index (κ2) is 7.09. The van der Waals surface area contributed by atoms with Crippen LogP contribution in [0.2, 0.25) is 0 Å². The molecule has 27 heavy (non-hydrogen) atoms. The Hall–Kier alpha value is -2.77. The van der Waals surface area contributed by atoms with Crippen LogP contribution in [0.5, 0.6) is 11.5 Å². The normalized spacial score (nSPS) is 25.0. The molecule has 2 saturated heterocycles. The Labute approximate surface area is 157 Å². The lowest BCUT2D eigenvalue weighted by Crippen LogP contribution is -2.39. The third-order valence-corrected chi connectivity index (χ3v) is 5.45. The summed E-state index contributed by atoms with van der Waals surface area (Å²) in [6.45, 7) is 2.51. The van der Waals surface area contributed by atoms with Crippen molar-refractivity contribution in [2.45, 2.75) is 19.8 Å². The number of carboxylic acid groups (broad SMARTS) is 1. The molecule has 2 fully saturated rings. The first-order chi connectivity index (χ1) is 12.8. The SMILES string of the molecule is COc1ccc(N2CC(C(=O)N3CCC(C)(C(=O)O)C3)CC2=O)cc1OC. The first-order valence-corrected chi connectivity index (χ1v) is 8.83. The fourth-order valence-corrected chi connectivity index (χ4v) is 3.70. The van der Waals surface area contributed by atoms with E-state index in [-0.39, 0.29) is 31.3 Å². The van der Waals surface area contributed by atoms with Gasteiger partial charge in [0.1, 0.15) is 0 Å². The van der Waals surface area contributed by atoms with Gasteiger partial charge in [0.2, 0.25) is 11.8 Å². The number of aliphatic carboxylic acids is 1. The topological polar surface area (TPSA) is 96.4 Å². The van der Waals surface area contributed by atoms with Gasteiger partial charge in [0.25, 0.3) is 0 Å². The van der Waals surface area contributed by atoms with Crippen LogP contribution in [0.1, 0.15) is 19.8 Å². The number of rotatable bonds is 5. The molecular weight excluding hydrogens is 352 g/mol. The number of carboxylic acids is 1. The maximum Gasteiger partial charge on any atom is 0.311 e. The molecule has 2 aliphatic rings. The van der Waals surface area contributed by atoms with E-state index in [9.17, 15) is 19.5 Å². The lowest BCUT2D eigenvalue weighted by Gasteiger charge is -2.23. The van der Waals surface area contributed by atoms with Crippen LogP contribution < -0.4 is 14.4 Å². The summed E-state index contributed by atoms with van der Waals surface area (Å²) >= 11 is 0. The van der Waals surface area contributed by atoms with E-state index in [2.05, 4.69) is 0 Å². The highest BCUT2D eigenvalue weighted by atomic mass is 16.5. The molecule has 1 N–H and O–H groups in total. The lowest BCUT2D eigenvalue weighted by atomic mass is 9.90. The van der Waals surface area contributed by atoms with Crippen molar-refractivity contribution in [3.8, 4) is 11.5 Å². The van der Waals surface area contributed by atoms with E-state index in [0.29, 0.717) is 30.2 Å². The molecule has 1 aromatic carbocycles. The number of amides is 2. The van der Waals surface area contributed by atoms with Gasteiger partial charge in [-0.25, -0.2) is 0 Å². The van der Waals surface area contributed by atoms with Gasteiger partial charge in [-0.05, 0) is 25.5 Å². The number of methoxy groups -OCH3 is 2. The van der Waals surface area contributed by atoms with Crippen LogP contribution in [-0.4, -0.2) is 61.6 Å². The van der Waals surface area contributed by atoms with Gasteiger partial charge in [0.15, 0.2) is 11.5 Å². The molecule has 2 unspecified atom stereocenters. The van der Waals surface area contributed by atoms with E-state index in [1.807, 2.05) is 0 Å². The molecule has 2 aliphatic heterocycles. The van der Waals surface area contributed by atoms with Crippen molar-refractivity contribution in [3.63, 3.8) is 0 Å². The molecule has 8 heteroatoms. The summed E-state index contributed by atoms with van der Waals surface area (Å²) in [7, 11) is 3.06. The summed E-state index contributed by atoms with van der Waals surface area (Å²) in [5, 5.41) is 9.34. The number of benzene rings is 1. The number of likely N-dealkylation sites (tertiary alicyclic amines) is 1. The largest absolute Gasteiger partial charge is 0.493 e. The van der Waals surface area contributed by atoms with Crippen molar-refractivity contribution in [2.75, 3.05) is 38.8 Å². The Morgan fingerprint density at radius 3 is 2.52 bits per heavy atom. The Balaban J connectivity index is 1.72. The molecule has 146 valence electrons. The monoisotopic (exact) mass is 376 g/mol. The minimum Gasteiger partial charge on any atom is -0.493 e. The van der Waals surface area contributed by atoms with E-state index in [4.69, 9.17) is 9.47 Å². The van der Waals surface area contributed by atoms with Crippen LogP contribution in [0, 0.1) is 11.3 Å². The molecule has 8 nitrogen and oxygen atoms in total. The number of hydrogen-bond donors (Lipinski definition) is 1. The van der Waals surface area contributed by atoms with E-state index in [1.165, 1.54) is 14.2 Å². The van der Waals surface area contributed by atoms with Crippen molar-refractivity contribution < 1.29 is 29.0 Å². The van der Waals surface area contributed by atoms with Crippen molar-refractivity contribution in [1.82, 2.24) is 4.90 Å². The molecule has 0 saturated carbocycles. The van der Waals surface area contributed by atoms with E-state index < -0.39 is 17.3 Å². The van der Waals surface area contributed by atoms with Gasteiger partial charge in [-0.3, -0.25) is 14.4 Å². The zero-order valence-corrected chi connectivity index (χ0v) is 15.7. The van der Waals surface area contributed by atoms with Crippen LogP contribution in [0.3, 0.4) is 0 Å². The van der Waals surface area contributed by atoms with Crippen LogP contribution in [0.15, 0.2) is 18.2 Å². The van der Waals surface area contributed by atoms with Crippen LogP contribution in [-0.2, 0) is 14.4 Å². The summed E-state index contributed by atoms with van der Waals surface area (Å²) < 4.78 is 10.5. The van der Waals surface area contributed by atoms with E-state index >= 15 is 0 Å². The van der Waals surface area contributed by atoms with Crippen molar-refractivity contribution >= 4 is 23.5 Å². The van der Waals surface area contributed by atoms with Gasteiger partial charge < -0.3 is 24.4 Å². The van der Waals surface area contributed by atoms with Gasteiger partial charge >= 0.3 is 5.97 Å². The number of anilines is 1. The first kappa shape index (κ1) is 19.0. The number of carbonyl (C=O) groups is 3. The predicted octanol–water partition coefficient (Wildman–Crippen LogP) is 1.38. The molecule has 0 aliphatic carbocycles.